The van der Waals surface area contributed by atoms with Crippen molar-refractivity contribution in [3.8, 4) is 11.5 Å². The third kappa shape index (κ3) is 5.97. The summed E-state index contributed by atoms with van der Waals surface area (Å²) in [6.07, 6.45) is 3.58. The van der Waals surface area contributed by atoms with E-state index in [9.17, 15) is 4.79 Å². The number of aryl methyl sites for hydroxylation is 1. The third-order valence-corrected chi connectivity index (χ3v) is 5.97. The van der Waals surface area contributed by atoms with Gasteiger partial charge in [-0.25, -0.2) is 0 Å². The zero-order valence-corrected chi connectivity index (χ0v) is 17.6. The molecule has 0 radical (unpaired) electrons. The molecule has 3 rings (SSSR count). The van der Waals surface area contributed by atoms with E-state index in [2.05, 4.69) is 34.7 Å². The molecular formula is C22H30N2O3S. The molecule has 0 aliphatic carbocycles. The van der Waals surface area contributed by atoms with Gasteiger partial charge in [0, 0.05) is 43.0 Å². The number of amides is 1. The van der Waals surface area contributed by atoms with Crippen LogP contribution < -0.4 is 14.8 Å². The number of carbonyl (C=O) groups excluding carboxylic acids is 1. The summed E-state index contributed by atoms with van der Waals surface area (Å²) in [5, 5.41) is 5.15. The van der Waals surface area contributed by atoms with E-state index in [1.807, 2.05) is 18.2 Å². The number of nitrogens with one attached hydrogen (secondary N) is 1. The number of ether oxygens (including phenoxy) is 2. The molecule has 1 atom stereocenters. The monoisotopic (exact) mass is 402 g/mol. The predicted octanol–water partition coefficient (Wildman–Crippen LogP) is 3.87. The van der Waals surface area contributed by atoms with Crippen molar-refractivity contribution in [3.05, 3.63) is 46.2 Å². The van der Waals surface area contributed by atoms with Crippen LogP contribution in [0.15, 0.2) is 35.7 Å². The molecule has 1 unspecified atom stereocenters. The van der Waals surface area contributed by atoms with Gasteiger partial charge < -0.3 is 14.8 Å². The van der Waals surface area contributed by atoms with Crippen LogP contribution >= 0.6 is 11.3 Å². The van der Waals surface area contributed by atoms with Crippen LogP contribution in [0.3, 0.4) is 0 Å². The van der Waals surface area contributed by atoms with Crippen LogP contribution in [0.1, 0.15) is 36.6 Å². The molecule has 0 bridgehead atoms. The summed E-state index contributed by atoms with van der Waals surface area (Å²) in [6, 6.07) is 10.2. The number of carbonyl (C=O) groups is 1. The maximum absolute atomic E-state index is 12.1. The zero-order chi connectivity index (χ0) is 19.8. The molecule has 28 heavy (non-hydrogen) atoms. The van der Waals surface area contributed by atoms with Crippen molar-refractivity contribution in [3.63, 3.8) is 0 Å². The maximum Gasteiger partial charge on any atom is 0.220 e. The van der Waals surface area contributed by atoms with Gasteiger partial charge in [-0.2, -0.15) is 0 Å². The van der Waals surface area contributed by atoms with Crippen molar-refractivity contribution >= 4 is 17.2 Å². The first-order chi connectivity index (χ1) is 13.7. The van der Waals surface area contributed by atoms with E-state index in [4.69, 9.17) is 9.47 Å². The Bertz CT molecular complexity index is 748. The molecule has 5 nitrogen and oxygen atoms in total. The van der Waals surface area contributed by atoms with Gasteiger partial charge in [-0.3, -0.25) is 9.69 Å². The average Bonchev–Trinajstić information content (AvgIpc) is 3.14. The van der Waals surface area contributed by atoms with E-state index in [-0.39, 0.29) is 12.0 Å². The van der Waals surface area contributed by atoms with Gasteiger partial charge in [-0.05, 0) is 48.9 Å². The fourth-order valence-electron chi connectivity index (χ4n) is 3.43. The molecule has 152 valence electrons. The van der Waals surface area contributed by atoms with Gasteiger partial charge in [-0.1, -0.05) is 13.0 Å². The maximum atomic E-state index is 12.1. The van der Waals surface area contributed by atoms with E-state index in [1.165, 1.54) is 4.88 Å². The zero-order valence-electron chi connectivity index (χ0n) is 16.8. The summed E-state index contributed by atoms with van der Waals surface area (Å²) >= 11 is 1.75. The average molecular weight is 403 g/mol. The number of nitrogens with zero attached hydrogens (tertiary/aromatic N) is 1. The fraction of sp³-hybridized carbons (Fsp3) is 0.500. The Kier molecular flexibility index (Phi) is 7.74. The minimum atomic E-state index is 0.136. The van der Waals surface area contributed by atoms with Crippen molar-refractivity contribution in [2.75, 3.05) is 26.7 Å². The molecule has 1 aliphatic rings. The molecule has 0 saturated heterocycles. The minimum Gasteiger partial charge on any atom is -0.497 e. The Balaban J connectivity index is 1.46. The topological polar surface area (TPSA) is 50.8 Å². The van der Waals surface area contributed by atoms with E-state index in [0.717, 1.165) is 56.0 Å². The Hall–Kier alpha value is -2.05. The molecule has 2 aromatic rings. The van der Waals surface area contributed by atoms with Crippen LogP contribution in [-0.4, -0.2) is 43.7 Å². The normalized spacial score (nSPS) is 16.7. The van der Waals surface area contributed by atoms with Crippen LogP contribution in [-0.2, 0) is 17.8 Å². The van der Waals surface area contributed by atoms with E-state index in [0.29, 0.717) is 13.0 Å². The van der Waals surface area contributed by atoms with Gasteiger partial charge in [-0.15, -0.1) is 11.3 Å². The van der Waals surface area contributed by atoms with Crippen molar-refractivity contribution in [1.29, 1.82) is 0 Å². The molecule has 1 aliphatic heterocycles. The molecule has 1 N–H and O–H groups in total. The van der Waals surface area contributed by atoms with Crippen molar-refractivity contribution < 1.29 is 14.3 Å². The Morgan fingerprint density at radius 3 is 3.04 bits per heavy atom. The van der Waals surface area contributed by atoms with Gasteiger partial charge in [0.15, 0.2) is 0 Å². The minimum absolute atomic E-state index is 0.136. The number of benzene rings is 1. The van der Waals surface area contributed by atoms with Crippen LogP contribution in [0.5, 0.6) is 11.5 Å². The molecule has 1 aromatic heterocycles. The number of thiophene rings is 1. The van der Waals surface area contributed by atoms with Crippen LogP contribution in [0.25, 0.3) is 0 Å². The first kappa shape index (κ1) is 20.7. The van der Waals surface area contributed by atoms with E-state index < -0.39 is 0 Å². The lowest BCUT2D eigenvalue weighted by Gasteiger charge is -2.23. The number of rotatable bonds is 9. The van der Waals surface area contributed by atoms with Gasteiger partial charge in [0.05, 0.1) is 7.11 Å². The second-order valence-corrected chi connectivity index (χ2v) is 8.17. The SMILES string of the molecule is CCC1CN(CCNC(=O)CCCc2cccs2)Cc2cc(OC)ccc2O1. The lowest BCUT2D eigenvalue weighted by molar-refractivity contribution is -0.121. The highest BCUT2D eigenvalue weighted by atomic mass is 32.1. The van der Waals surface area contributed by atoms with Gasteiger partial charge in [0.2, 0.25) is 5.91 Å². The molecular weight excluding hydrogens is 372 g/mol. The van der Waals surface area contributed by atoms with Gasteiger partial charge >= 0.3 is 0 Å². The first-order valence-corrected chi connectivity index (χ1v) is 10.9. The van der Waals surface area contributed by atoms with Gasteiger partial charge in [0.25, 0.3) is 0 Å². The summed E-state index contributed by atoms with van der Waals surface area (Å²) in [6.45, 7) is 5.28. The molecule has 0 fully saturated rings. The van der Waals surface area contributed by atoms with Crippen LogP contribution in [0, 0.1) is 0 Å². The Labute approximate surface area is 171 Å². The van der Waals surface area contributed by atoms with E-state index in [1.54, 1.807) is 18.4 Å². The second-order valence-electron chi connectivity index (χ2n) is 7.14. The van der Waals surface area contributed by atoms with Crippen molar-refractivity contribution in [2.45, 2.75) is 45.3 Å². The highest BCUT2D eigenvalue weighted by Crippen LogP contribution is 2.29. The number of fused-ring (bicyclic) bond motifs is 1. The summed E-state index contributed by atoms with van der Waals surface area (Å²) in [7, 11) is 1.68. The highest BCUT2D eigenvalue weighted by molar-refractivity contribution is 7.09. The van der Waals surface area contributed by atoms with E-state index >= 15 is 0 Å². The Morgan fingerprint density at radius 2 is 2.29 bits per heavy atom. The standard InChI is InChI=1S/C22H30N2O3S/c1-3-18-16-24(15-17-14-19(26-2)9-10-21(17)27-18)12-11-23-22(25)8-4-6-20-7-5-13-28-20/h5,7,9-10,13-14,18H,3-4,6,8,11-12,15-16H2,1-2H3,(H,23,25). The second kappa shape index (κ2) is 10.5. The van der Waals surface area contributed by atoms with Gasteiger partial charge in [0.1, 0.15) is 17.6 Å². The molecule has 1 amide bonds. The molecule has 0 saturated carbocycles. The van der Waals surface area contributed by atoms with Crippen molar-refractivity contribution in [2.24, 2.45) is 0 Å². The highest BCUT2D eigenvalue weighted by Gasteiger charge is 2.22. The summed E-state index contributed by atoms with van der Waals surface area (Å²) in [5.74, 6) is 1.92. The third-order valence-electron chi connectivity index (χ3n) is 5.03. The predicted molar refractivity (Wildman–Crippen MR) is 113 cm³/mol. The molecule has 2 heterocycles. The lowest BCUT2D eigenvalue weighted by Crippen LogP contribution is -2.38. The fourth-order valence-corrected chi connectivity index (χ4v) is 4.19. The summed E-state index contributed by atoms with van der Waals surface area (Å²) in [5.41, 5.74) is 1.14. The molecule has 0 spiro atoms. The van der Waals surface area contributed by atoms with Crippen LogP contribution in [0.4, 0.5) is 0 Å². The number of methoxy groups -OCH3 is 1. The Morgan fingerprint density at radius 1 is 1.39 bits per heavy atom. The van der Waals surface area contributed by atoms with Crippen molar-refractivity contribution in [1.82, 2.24) is 10.2 Å². The smallest absolute Gasteiger partial charge is 0.220 e. The van der Waals surface area contributed by atoms with Crippen LogP contribution in [0.2, 0.25) is 0 Å². The number of hydrogen-bond donors (Lipinski definition) is 1. The lowest BCUT2D eigenvalue weighted by atomic mass is 10.2. The first-order valence-electron chi connectivity index (χ1n) is 10.0. The largest absolute Gasteiger partial charge is 0.497 e. The molecule has 6 heteroatoms. The number of hydrogen-bond acceptors (Lipinski definition) is 5. The molecule has 1 aromatic carbocycles. The summed E-state index contributed by atoms with van der Waals surface area (Å²) < 4.78 is 11.5. The summed E-state index contributed by atoms with van der Waals surface area (Å²) in [4.78, 5) is 15.8. The quantitative estimate of drug-likeness (QED) is 0.692.